The average molecular weight is 285 g/mol. The van der Waals surface area contributed by atoms with Gasteiger partial charge in [-0.25, -0.2) is 14.8 Å². The molecule has 0 saturated carbocycles. The lowest BCUT2D eigenvalue weighted by Gasteiger charge is -2.19. The average Bonchev–Trinajstić information content (AvgIpc) is 2.26. The maximum atomic E-state index is 11.4. The number of aromatic nitrogens is 2. The Bertz CT molecular complexity index is 451. The van der Waals surface area contributed by atoms with Gasteiger partial charge in [-0.3, -0.25) is 0 Å². The highest BCUT2D eigenvalue weighted by Crippen LogP contribution is 2.06. The Morgan fingerprint density at radius 1 is 1.47 bits per heavy atom. The number of rotatable bonds is 4. The maximum Gasteiger partial charge on any atom is 0.407 e. The SMILES string of the molecule is Bc1cnc(Cl)nc1NCCNC(=O)OC(C)(C)C. The van der Waals surface area contributed by atoms with Crippen molar-refractivity contribution in [3.63, 3.8) is 0 Å². The van der Waals surface area contributed by atoms with E-state index in [2.05, 4.69) is 20.6 Å². The van der Waals surface area contributed by atoms with Gasteiger partial charge in [-0.15, -0.1) is 0 Å². The van der Waals surface area contributed by atoms with Crippen LogP contribution in [0, 0.1) is 0 Å². The number of amides is 1. The molecular formula is C11H18BClN4O2. The molecule has 1 heterocycles. The van der Waals surface area contributed by atoms with Crippen molar-refractivity contribution < 1.29 is 9.53 Å². The molecule has 104 valence electrons. The lowest BCUT2D eigenvalue weighted by molar-refractivity contribution is 0.0530. The number of hydrogen-bond acceptors (Lipinski definition) is 5. The van der Waals surface area contributed by atoms with Gasteiger partial charge in [-0.1, -0.05) is 0 Å². The minimum atomic E-state index is -0.492. The molecule has 0 atom stereocenters. The van der Waals surface area contributed by atoms with Crippen molar-refractivity contribution in [2.45, 2.75) is 26.4 Å². The van der Waals surface area contributed by atoms with E-state index in [-0.39, 0.29) is 5.28 Å². The molecule has 19 heavy (non-hydrogen) atoms. The van der Waals surface area contributed by atoms with Crippen LogP contribution in [0.1, 0.15) is 20.8 Å². The Morgan fingerprint density at radius 2 is 2.16 bits per heavy atom. The molecule has 0 fully saturated rings. The predicted molar refractivity (Wildman–Crippen MR) is 77.9 cm³/mol. The van der Waals surface area contributed by atoms with Gasteiger partial charge in [-0.2, -0.15) is 0 Å². The number of alkyl carbamates (subject to hydrolysis) is 1. The van der Waals surface area contributed by atoms with Crippen molar-refractivity contribution in [1.82, 2.24) is 15.3 Å². The first-order valence-electron chi connectivity index (χ1n) is 5.98. The van der Waals surface area contributed by atoms with Gasteiger partial charge in [0.1, 0.15) is 19.3 Å². The summed E-state index contributed by atoms with van der Waals surface area (Å²) in [5.41, 5.74) is 0.399. The second-order valence-corrected chi connectivity index (χ2v) is 5.36. The standard InChI is InChI=1S/C11H18BClN4O2/c1-11(2,3)19-10(18)15-5-4-14-8-7(12)6-16-9(13)17-8/h6H,4-5,12H2,1-3H3,(H,15,18)(H,14,16,17). The van der Waals surface area contributed by atoms with Crippen LogP contribution in [0.5, 0.6) is 0 Å². The van der Waals surface area contributed by atoms with E-state index in [0.717, 1.165) is 5.46 Å². The van der Waals surface area contributed by atoms with Gasteiger partial charge in [0.25, 0.3) is 0 Å². The van der Waals surface area contributed by atoms with E-state index in [1.807, 2.05) is 28.6 Å². The molecule has 1 amide bonds. The van der Waals surface area contributed by atoms with E-state index in [0.29, 0.717) is 18.9 Å². The van der Waals surface area contributed by atoms with Crippen molar-refractivity contribution >= 4 is 36.8 Å². The minimum absolute atomic E-state index is 0.188. The minimum Gasteiger partial charge on any atom is -0.444 e. The van der Waals surface area contributed by atoms with Crippen molar-refractivity contribution in [2.75, 3.05) is 18.4 Å². The molecule has 8 heteroatoms. The Balaban J connectivity index is 2.31. The maximum absolute atomic E-state index is 11.4. The quantitative estimate of drug-likeness (QED) is 0.473. The van der Waals surface area contributed by atoms with E-state index in [1.165, 1.54) is 0 Å². The Hall–Kier alpha value is -1.50. The zero-order valence-corrected chi connectivity index (χ0v) is 12.3. The lowest BCUT2D eigenvalue weighted by Crippen LogP contribution is -2.35. The van der Waals surface area contributed by atoms with E-state index in [4.69, 9.17) is 16.3 Å². The van der Waals surface area contributed by atoms with Crippen molar-refractivity contribution in [1.29, 1.82) is 0 Å². The second-order valence-electron chi connectivity index (χ2n) is 5.03. The summed E-state index contributed by atoms with van der Waals surface area (Å²) in [6, 6.07) is 0. The van der Waals surface area contributed by atoms with Crippen LogP contribution in [0.25, 0.3) is 0 Å². The van der Waals surface area contributed by atoms with Gasteiger partial charge in [0.15, 0.2) is 0 Å². The van der Waals surface area contributed by atoms with Crippen LogP contribution >= 0.6 is 11.6 Å². The predicted octanol–water partition coefficient (Wildman–Crippen LogP) is 0.325. The van der Waals surface area contributed by atoms with E-state index in [9.17, 15) is 4.79 Å². The summed E-state index contributed by atoms with van der Waals surface area (Å²) < 4.78 is 5.11. The number of carbonyl (C=O) groups is 1. The number of halogens is 1. The first-order valence-corrected chi connectivity index (χ1v) is 6.35. The van der Waals surface area contributed by atoms with Crippen LogP contribution in [0.2, 0.25) is 5.28 Å². The largest absolute Gasteiger partial charge is 0.444 e. The van der Waals surface area contributed by atoms with Gasteiger partial charge >= 0.3 is 6.09 Å². The third kappa shape index (κ3) is 6.29. The molecular weight excluding hydrogens is 266 g/mol. The molecule has 0 aromatic carbocycles. The molecule has 0 aliphatic carbocycles. The fourth-order valence-electron chi connectivity index (χ4n) is 1.26. The Kier molecular flexibility index (Phi) is 5.41. The zero-order chi connectivity index (χ0) is 14.5. The molecule has 1 aromatic rings. The number of carbonyl (C=O) groups excluding carboxylic acids is 1. The summed E-state index contributed by atoms with van der Waals surface area (Å²) in [4.78, 5) is 19.3. The molecule has 0 saturated heterocycles. The summed E-state index contributed by atoms with van der Waals surface area (Å²) in [5, 5.41) is 5.90. The van der Waals surface area contributed by atoms with Gasteiger partial charge in [0.2, 0.25) is 5.28 Å². The van der Waals surface area contributed by atoms with Gasteiger partial charge in [-0.05, 0) is 37.8 Å². The van der Waals surface area contributed by atoms with Crippen molar-refractivity contribution in [2.24, 2.45) is 0 Å². The van der Waals surface area contributed by atoms with Crippen LogP contribution in [-0.4, -0.2) is 42.6 Å². The van der Waals surface area contributed by atoms with Gasteiger partial charge < -0.3 is 15.4 Å². The van der Waals surface area contributed by atoms with Gasteiger partial charge in [0.05, 0.1) is 0 Å². The van der Waals surface area contributed by atoms with Gasteiger partial charge in [0, 0.05) is 19.3 Å². The summed E-state index contributed by atoms with van der Waals surface area (Å²) in [5.74, 6) is 0.658. The summed E-state index contributed by atoms with van der Waals surface area (Å²) in [6.07, 6.45) is 1.20. The fourth-order valence-corrected chi connectivity index (χ4v) is 1.39. The normalized spacial score (nSPS) is 10.9. The molecule has 1 rings (SSSR count). The molecule has 0 radical (unpaired) electrons. The van der Waals surface area contributed by atoms with Crippen LogP contribution in [-0.2, 0) is 4.74 Å². The smallest absolute Gasteiger partial charge is 0.407 e. The highest BCUT2D eigenvalue weighted by Gasteiger charge is 2.15. The van der Waals surface area contributed by atoms with E-state index in [1.54, 1.807) is 6.20 Å². The topological polar surface area (TPSA) is 76.1 Å². The van der Waals surface area contributed by atoms with Crippen molar-refractivity contribution in [3.05, 3.63) is 11.5 Å². The summed E-state index contributed by atoms with van der Waals surface area (Å²) >= 11 is 5.70. The number of anilines is 1. The molecule has 0 aliphatic rings. The van der Waals surface area contributed by atoms with E-state index < -0.39 is 11.7 Å². The number of hydrogen-bond donors (Lipinski definition) is 2. The third-order valence-electron chi connectivity index (χ3n) is 2.03. The molecule has 0 bridgehead atoms. The third-order valence-corrected chi connectivity index (χ3v) is 2.21. The Morgan fingerprint density at radius 3 is 2.79 bits per heavy atom. The molecule has 0 unspecified atom stereocenters. The molecule has 0 spiro atoms. The summed E-state index contributed by atoms with van der Waals surface area (Å²) in [6.45, 7) is 6.40. The monoisotopic (exact) mass is 284 g/mol. The Labute approximate surface area is 118 Å². The second kappa shape index (κ2) is 6.61. The fraction of sp³-hybridized carbons (Fsp3) is 0.545. The molecule has 0 aliphatic heterocycles. The zero-order valence-electron chi connectivity index (χ0n) is 11.6. The first-order chi connectivity index (χ1) is 8.78. The first kappa shape index (κ1) is 15.6. The van der Waals surface area contributed by atoms with Crippen LogP contribution < -0.4 is 16.1 Å². The number of nitrogens with zero attached hydrogens (tertiary/aromatic N) is 2. The highest BCUT2D eigenvalue weighted by atomic mass is 35.5. The molecule has 1 aromatic heterocycles. The molecule has 2 N–H and O–H groups in total. The van der Waals surface area contributed by atoms with Crippen LogP contribution in [0.4, 0.5) is 10.6 Å². The van der Waals surface area contributed by atoms with Crippen molar-refractivity contribution in [3.8, 4) is 0 Å². The number of nitrogens with one attached hydrogen (secondary N) is 2. The van der Waals surface area contributed by atoms with Crippen LogP contribution in [0.15, 0.2) is 6.20 Å². The highest BCUT2D eigenvalue weighted by molar-refractivity contribution is 6.35. The summed E-state index contributed by atoms with van der Waals surface area (Å²) in [7, 11) is 1.87. The lowest BCUT2D eigenvalue weighted by atomic mass is 9.99. The van der Waals surface area contributed by atoms with E-state index >= 15 is 0 Å². The number of ether oxygens (including phenoxy) is 1. The van der Waals surface area contributed by atoms with Crippen LogP contribution in [0.3, 0.4) is 0 Å². The molecule has 6 nitrogen and oxygen atoms in total.